The molecule has 0 aliphatic heterocycles. The van der Waals surface area contributed by atoms with E-state index in [4.69, 9.17) is 10.5 Å². The molecule has 3 nitrogen and oxygen atoms in total. The fourth-order valence-corrected chi connectivity index (χ4v) is 2.58. The summed E-state index contributed by atoms with van der Waals surface area (Å²) in [5, 5.41) is 0. The van der Waals surface area contributed by atoms with Gasteiger partial charge in [-0.3, -0.25) is 4.79 Å². The average Bonchev–Trinajstić information content (AvgIpc) is 2.15. The third-order valence-electron chi connectivity index (χ3n) is 2.86. The number of carbonyl (C=O) groups excluding carboxylic acids is 1. The first kappa shape index (κ1) is 15.4. The van der Waals surface area contributed by atoms with Gasteiger partial charge in [0.25, 0.3) is 0 Å². The van der Waals surface area contributed by atoms with Crippen LogP contribution in [0.15, 0.2) is 0 Å². The number of carbonyl (C=O) groups is 1. The summed E-state index contributed by atoms with van der Waals surface area (Å²) in [4.78, 5) is 11.5. The topological polar surface area (TPSA) is 52.3 Å². The maximum absolute atomic E-state index is 11.5. The summed E-state index contributed by atoms with van der Waals surface area (Å²) in [6.07, 6.45) is 2.41. The van der Waals surface area contributed by atoms with E-state index in [-0.39, 0.29) is 11.4 Å². The van der Waals surface area contributed by atoms with Gasteiger partial charge in [0, 0.05) is 0 Å². The van der Waals surface area contributed by atoms with E-state index in [2.05, 4.69) is 27.7 Å². The van der Waals surface area contributed by atoms with E-state index in [9.17, 15) is 4.79 Å². The summed E-state index contributed by atoms with van der Waals surface area (Å²) in [5.41, 5.74) is 5.81. The van der Waals surface area contributed by atoms with E-state index in [0.717, 1.165) is 12.8 Å². The predicted octanol–water partition coefficient (Wildman–Crippen LogP) is 2.59. The van der Waals surface area contributed by atoms with Gasteiger partial charge in [0.15, 0.2) is 0 Å². The molecule has 0 aliphatic rings. The number of nitrogens with two attached hydrogens (primary N) is 1. The second-order valence-electron chi connectivity index (χ2n) is 5.65. The van der Waals surface area contributed by atoms with Crippen LogP contribution in [-0.2, 0) is 9.53 Å². The summed E-state index contributed by atoms with van der Waals surface area (Å²) < 4.78 is 4.78. The van der Waals surface area contributed by atoms with Gasteiger partial charge in [0.1, 0.15) is 0 Å². The molecule has 0 aromatic heterocycles. The van der Waals surface area contributed by atoms with Gasteiger partial charge < -0.3 is 10.5 Å². The largest absolute Gasteiger partial charge is 0.469 e. The first-order valence-electron chi connectivity index (χ1n) is 6.12. The van der Waals surface area contributed by atoms with Crippen LogP contribution in [-0.4, -0.2) is 19.6 Å². The van der Waals surface area contributed by atoms with Crippen LogP contribution >= 0.6 is 0 Å². The molecule has 0 aromatic rings. The monoisotopic (exact) mass is 229 g/mol. The van der Waals surface area contributed by atoms with Crippen LogP contribution in [0.2, 0.25) is 0 Å². The lowest BCUT2D eigenvalue weighted by Crippen LogP contribution is -2.36. The predicted molar refractivity (Wildman–Crippen MR) is 67.0 cm³/mol. The molecular weight excluding hydrogens is 202 g/mol. The van der Waals surface area contributed by atoms with Crippen LogP contribution in [0.5, 0.6) is 0 Å². The molecule has 0 saturated carbocycles. The fourth-order valence-electron chi connectivity index (χ4n) is 2.58. The Kier molecular flexibility index (Phi) is 6.65. The molecule has 0 rings (SSSR count). The van der Waals surface area contributed by atoms with E-state index < -0.39 is 0 Å². The van der Waals surface area contributed by atoms with E-state index in [0.29, 0.717) is 24.8 Å². The summed E-state index contributed by atoms with van der Waals surface area (Å²) >= 11 is 0. The quantitative estimate of drug-likeness (QED) is 0.683. The minimum absolute atomic E-state index is 0.0879. The second-order valence-corrected chi connectivity index (χ2v) is 5.65. The lowest BCUT2D eigenvalue weighted by Gasteiger charge is -2.34. The minimum Gasteiger partial charge on any atom is -0.469 e. The van der Waals surface area contributed by atoms with Crippen molar-refractivity contribution in [2.24, 2.45) is 23.0 Å². The highest BCUT2D eigenvalue weighted by Gasteiger charge is 2.33. The van der Waals surface area contributed by atoms with Crippen molar-refractivity contribution in [2.75, 3.05) is 13.7 Å². The van der Waals surface area contributed by atoms with Gasteiger partial charge in [-0.05, 0) is 36.6 Å². The summed E-state index contributed by atoms with van der Waals surface area (Å²) in [5.74, 6) is 0.950. The maximum Gasteiger partial charge on any atom is 0.306 e. The number of ether oxygens (including phenoxy) is 1. The molecule has 96 valence electrons. The van der Waals surface area contributed by atoms with Crippen molar-refractivity contribution in [1.29, 1.82) is 0 Å². The van der Waals surface area contributed by atoms with Crippen molar-refractivity contribution in [3.05, 3.63) is 0 Å². The fraction of sp³-hybridized carbons (Fsp3) is 0.923. The van der Waals surface area contributed by atoms with Crippen molar-refractivity contribution in [3.8, 4) is 0 Å². The van der Waals surface area contributed by atoms with Gasteiger partial charge >= 0.3 is 5.97 Å². The SMILES string of the molecule is COC(=O)CC(CN)(CC(C)C)CC(C)C. The lowest BCUT2D eigenvalue weighted by atomic mass is 9.72. The standard InChI is InChI=1S/C13H27NO2/c1-10(2)6-13(9-14,7-11(3)4)8-12(15)16-5/h10-11H,6-9,14H2,1-5H3. The van der Waals surface area contributed by atoms with E-state index in [1.165, 1.54) is 7.11 Å². The molecule has 0 atom stereocenters. The third-order valence-corrected chi connectivity index (χ3v) is 2.86. The molecule has 0 spiro atoms. The van der Waals surface area contributed by atoms with Gasteiger partial charge in [-0.15, -0.1) is 0 Å². The summed E-state index contributed by atoms with van der Waals surface area (Å²) in [7, 11) is 1.44. The molecule has 0 bridgehead atoms. The van der Waals surface area contributed by atoms with Crippen molar-refractivity contribution in [2.45, 2.75) is 47.0 Å². The smallest absolute Gasteiger partial charge is 0.306 e. The highest BCUT2D eigenvalue weighted by atomic mass is 16.5. The number of hydrogen-bond acceptors (Lipinski definition) is 3. The highest BCUT2D eigenvalue weighted by Crippen LogP contribution is 2.36. The van der Waals surface area contributed by atoms with Crippen molar-refractivity contribution >= 4 is 5.97 Å². The number of rotatable bonds is 7. The van der Waals surface area contributed by atoms with Crippen LogP contribution in [0.3, 0.4) is 0 Å². The van der Waals surface area contributed by atoms with Crippen molar-refractivity contribution < 1.29 is 9.53 Å². The molecule has 0 heterocycles. The molecule has 3 heteroatoms. The van der Waals surface area contributed by atoms with E-state index in [1.807, 2.05) is 0 Å². The van der Waals surface area contributed by atoms with Gasteiger partial charge in [-0.25, -0.2) is 0 Å². The molecule has 0 saturated heterocycles. The Bertz CT molecular complexity index is 202. The normalized spacial score (nSPS) is 12.2. The zero-order chi connectivity index (χ0) is 12.8. The molecular formula is C13H27NO2. The Balaban J connectivity index is 4.72. The van der Waals surface area contributed by atoms with Crippen LogP contribution in [0.4, 0.5) is 0 Å². The molecule has 16 heavy (non-hydrogen) atoms. The molecule has 0 aromatic carbocycles. The molecule has 0 aliphatic carbocycles. The van der Waals surface area contributed by atoms with Crippen molar-refractivity contribution in [1.82, 2.24) is 0 Å². The molecule has 0 radical (unpaired) electrons. The Hall–Kier alpha value is -0.570. The van der Waals surface area contributed by atoms with Crippen LogP contribution in [0.1, 0.15) is 47.0 Å². The highest BCUT2D eigenvalue weighted by molar-refractivity contribution is 5.70. The van der Waals surface area contributed by atoms with Gasteiger partial charge in [-0.2, -0.15) is 0 Å². The van der Waals surface area contributed by atoms with Gasteiger partial charge in [-0.1, -0.05) is 27.7 Å². The molecule has 0 fully saturated rings. The number of methoxy groups -OCH3 is 1. The number of hydrogen-bond donors (Lipinski definition) is 1. The zero-order valence-electron chi connectivity index (χ0n) is 11.4. The first-order valence-corrected chi connectivity index (χ1v) is 6.12. The second kappa shape index (κ2) is 6.89. The van der Waals surface area contributed by atoms with Gasteiger partial charge in [0.2, 0.25) is 0 Å². The molecule has 2 N–H and O–H groups in total. The third kappa shape index (κ3) is 5.50. The zero-order valence-corrected chi connectivity index (χ0v) is 11.4. The minimum atomic E-state index is -0.147. The maximum atomic E-state index is 11.5. The van der Waals surface area contributed by atoms with Crippen molar-refractivity contribution in [3.63, 3.8) is 0 Å². The van der Waals surface area contributed by atoms with Crippen LogP contribution < -0.4 is 5.73 Å². The average molecular weight is 229 g/mol. The van der Waals surface area contributed by atoms with Gasteiger partial charge in [0.05, 0.1) is 13.5 Å². The Morgan fingerprint density at radius 3 is 1.88 bits per heavy atom. The Morgan fingerprint density at radius 1 is 1.19 bits per heavy atom. The Morgan fingerprint density at radius 2 is 1.62 bits per heavy atom. The van der Waals surface area contributed by atoms with E-state index >= 15 is 0 Å². The van der Waals surface area contributed by atoms with E-state index in [1.54, 1.807) is 0 Å². The lowest BCUT2D eigenvalue weighted by molar-refractivity contribution is -0.143. The van der Waals surface area contributed by atoms with Crippen LogP contribution in [0, 0.1) is 17.3 Å². The van der Waals surface area contributed by atoms with Crippen LogP contribution in [0.25, 0.3) is 0 Å². The first-order chi connectivity index (χ1) is 7.35. The summed E-state index contributed by atoms with van der Waals surface area (Å²) in [6, 6.07) is 0. The summed E-state index contributed by atoms with van der Waals surface area (Å²) in [6.45, 7) is 9.23. The molecule has 0 unspecified atom stereocenters. The molecule has 0 amide bonds. The number of esters is 1. The Labute approximate surface area is 99.7 Å².